The van der Waals surface area contributed by atoms with Crippen LogP contribution >= 0.6 is 12.2 Å². The molecule has 0 aromatic heterocycles. The summed E-state index contributed by atoms with van der Waals surface area (Å²) in [6, 6.07) is 22.1. The van der Waals surface area contributed by atoms with Gasteiger partial charge in [0.25, 0.3) is 5.91 Å². The lowest BCUT2D eigenvalue weighted by Gasteiger charge is -2.21. The third-order valence-corrected chi connectivity index (χ3v) is 4.38. The molecule has 3 aromatic carbocycles. The van der Waals surface area contributed by atoms with Gasteiger partial charge in [-0.3, -0.25) is 4.79 Å². The zero-order valence-electron chi connectivity index (χ0n) is 15.3. The van der Waals surface area contributed by atoms with Crippen LogP contribution in [0.5, 0.6) is 0 Å². The molecule has 3 rings (SSSR count). The molecule has 0 aliphatic rings. The van der Waals surface area contributed by atoms with E-state index in [4.69, 9.17) is 12.2 Å². The normalized spacial score (nSPS) is 11.4. The summed E-state index contributed by atoms with van der Waals surface area (Å²) in [7, 11) is 0. The van der Waals surface area contributed by atoms with Gasteiger partial charge in [-0.2, -0.15) is 0 Å². The number of benzene rings is 3. The predicted octanol–water partition coefficient (Wildman–Crippen LogP) is 4.80. The second kappa shape index (κ2) is 9.10. The number of amides is 1. The number of para-hydroxylation sites is 1. The molecule has 3 aromatic rings. The number of aryl methyl sites for hydroxylation is 1. The van der Waals surface area contributed by atoms with E-state index in [1.807, 2.05) is 61.5 Å². The molecule has 142 valence electrons. The topological polar surface area (TPSA) is 53.2 Å². The van der Waals surface area contributed by atoms with Gasteiger partial charge in [-0.05, 0) is 54.5 Å². The first kappa shape index (κ1) is 19.5. The van der Waals surface area contributed by atoms with Crippen molar-refractivity contribution in [2.45, 2.75) is 13.0 Å². The van der Waals surface area contributed by atoms with Gasteiger partial charge in [0.15, 0.2) is 5.11 Å². The van der Waals surface area contributed by atoms with Crippen LogP contribution in [-0.2, 0) is 4.79 Å². The standard InChI is InChI=1S/C22H20FN3OS/c1-15-8-5-6-13-19(15)25-21(27)20(16-9-3-2-4-10-16)26-22(28)24-18-12-7-11-17(23)14-18/h2-14,20H,1H3,(H,25,27)(H2,24,26,28). The van der Waals surface area contributed by atoms with E-state index >= 15 is 0 Å². The number of nitrogens with one attached hydrogen (secondary N) is 3. The highest BCUT2D eigenvalue weighted by molar-refractivity contribution is 7.80. The molecule has 0 aliphatic heterocycles. The Kier molecular flexibility index (Phi) is 6.34. The molecule has 0 saturated heterocycles. The molecule has 0 radical (unpaired) electrons. The van der Waals surface area contributed by atoms with Gasteiger partial charge in [0, 0.05) is 11.4 Å². The molecule has 1 unspecified atom stereocenters. The van der Waals surface area contributed by atoms with Gasteiger partial charge in [-0.1, -0.05) is 54.6 Å². The van der Waals surface area contributed by atoms with Crippen molar-refractivity contribution in [1.29, 1.82) is 0 Å². The first-order valence-electron chi connectivity index (χ1n) is 8.77. The van der Waals surface area contributed by atoms with Gasteiger partial charge >= 0.3 is 0 Å². The summed E-state index contributed by atoms with van der Waals surface area (Å²) in [5.74, 6) is -0.617. The van der Waals surface area contributed by atoms with Gasteiger partial charge in [-0.15, -0.1) is 0 Å². The minimum absolute atomic E-state index is 0.222. The van der Waals surface area contributed by atoms with Crippen molar-refractivity contribution in [3.63, 3.8) is 0 Å². The molecule has 0 saturated carbocycles. The maximum atomic E-state index is 13.4. The Balaban J connectivity index is 1.78. The molecule has 0 fully saturated rings. The van der Waals surface area contributed by atoms with Crippen LogP contribution in [0.3, 0.4) is 0 Å². The molecule has 4 nitrogen and oxygen atoms in total. The van der Waals surface area contributed by atoms with Crippen LogP contribution in [-0.4, -0.2) is 11.0 Å². The summed E-state index contributed by atoms with van der Waals surface area (Å²) < 4.78 is 13.4. The minimum atomic E-state index is -0.714. The van der Waals surface area contributed by atoms with Crippen molar-refractivity contribution in [2.75, 3.05) is 10.6 Å². The number of hydrogen-bond donors (Lipinski definition) is 3. The van der Waals surface area contributed by atoms with E-state index in [0.29, 0.717) is 5.69 Å². The molecule has 28 heavy (non-hydrogen) atoms. The molecule has 0 spiro atoms. The lowest BCUT2D eigenvalue weighted by atomic mass is 10.1. The highest BCUT2D eigenvalue weighted by Crippen LogP contribution is 2.19. The van der Waals surface area contributed by atoms with Gasteiger partial charge in [0.2, 0.25) is 0 Å². The van der Waals surface area contributed by atoms with Crippen LogP contribution < -0.4 is 16.0 Å². The molecule has 1 amide bonds. The zero-order valence-corrected chi connectivity index (χ0v) is 16.1. The Labute approximate surface area is 168 Å². The molecule has 6 heteroatoms. The SMILES string of the molecule is Cc1ccccc1NC(=O)C(NC(=S)Nc1cccc(F)c1)c1ccccc1. The van der Waals surface area contributed by atoms with Crippen LogP contribution in [0.2, 0.25) is 0 Å². The number of rotatable bonds is 5. The maximum absolute atomic E-state index is 13.4. The summed E-state index contributed by atoms with van der Waals surface area (Å²) in [5.41, 5.74) is 2.96. The maximum Gasteiger partial charge on any atom is 0.251 e. The van der Waals surface area contributed by atoms with Gasteiger partial charge < -0.3 is 16.0 Å². The van der Waals surface area contributed by atoms with E-state index in [9.17, 15) is 9.18 Å². The molecule has 0 aliphatic carbocycles. The number of halogens is 1. The summed E-state index contributed by atoms with van der Waals surface area (Å²) in [6.07, 6.45) is 0. The second-order valence-corrected chi connectivity index (χ2v) is 6.66. The van der Waals surface area contributed by atoms with Crippen LogP contribution in [0.15, 0.2) is 78.9 Å². The van der Waals surface area contributed by atoms with Crippen molar-refractivity contribution >= 4 is 34.6 Å². The Morgan fingerprint density at radius 3 is 2.36 bits per heavy atom. The summed E-state index contributed by atoms with van der Waals surface area (Å²) in [6.45, 7) is 1.93. The number of carbonyl (C=O) groups excluding carboxylic acids is 1. The lowest BCUT2D eigenvalue weighted by molar-refractivity contribution is -0.117. The fraction of sp³-hybridized carbons (Fsp3) is 0.0909. The van der Waals surface area contributed by atoms with Crippen LogP contribution in [0.25, 0.3) is 0 Å². The first-order valence-corrected chi connectivity index (χ1v) is 9.18. The van der Waals surface area contributed by atoms with E-state index in [1.54, 1.807) is 12.1 Å². The van der Waals surface area contributed by atoms with Crippen LogP contribution in [0.1, 0.15) is 17.2 Å². The first-order chi connectivity index (χ1) is 13.5. The summed E-state index contributed by atoms with van der Waals surface area (Å²) >= 11 is 5.34. The molecular formula is C22H20FN3OS. The highest BCUT2D eigenvalue weighted by atomic mass is 32.1. The Morgan fingerprint density at radius 1 is 0.929 bits per heavy atom. The molecule has 3 N–H and O–H groups in total. The van der Waals surface area contributed by atoms with Gasteiger partial charge in [-0.25, -0.2) is 4.39 Å². The average Bonchev–Trinajstić information content (AvgIpc) is 2.68. The van der Waals surface area contributed by atoms with Crippen molar-refractivity contribution in [2.24, 2.45) is 0 Å². The third-order valence-electron chi connectivity index (χ3n) is 4.16. The molecule has 0 heterocycles. The van der Waals surface area contributed by atoms with Crippen molar-refractivity contribution in [1.82, 2.24) is 5.32 Å². The quantitative estimate of drug-likeness (QED) is 0.545. The molecule has 0 bridgehead atoms. The van der Waals surface area contributed by atoms with Crippen molar-refractivity contribution < 1.29 is 9.18 Å². The number of carbonyl (C=O) groups is 1. The van der Waals surface area contributed by atoms with Gasteiger partial charge in [0.1, 0.15) is 11.9 Å². The third kappa shape index (κ3) is 5.14. The Morgan fingerprint density at radius 2 is 1.64 bits per heavy atom. The largest absolute Gasteiger partial charge is 0.347 e. The average molecular weight is 393 g/mol. The fourth-order valence-electron chi connectivity index (χ4n) is 2.73. The molecule has 1 atom stereocenters. The number of thiocarbonyl (C=S) groups is 1. The Hall–Kier alpha value is -3.25. The lowest BCUT2D eigenvalue weighted by Crippen LogP contribution is -2.39. The second-order valence-electron chi connectivity index (χ2n) is 6.26. The van der Waals surface area contributed by atoms with Crippen LogP contribution in [0, 0.1) is 12.7 Å². The van der Waals surface area contributed by atoms with E-state index in [-0.39, 0.29) is 16.8 Å². The van der Waals surface area contributed by atoms with Gasteiger partial charge in [0.05, 0.1) is 0 Å². The predicted molar refractivity (Wildman–Crippen MR) is 115 cm³/mol. The van der Waals surface area contributed by atoms with E-state index in [2.05, 4.69) is 16.0 Å². The highest BCUT2D eigenvalue weighted by Gasteiger charge is 2.22. The van der Waals surface area contributed by atoms with E-state index in [0.717, 1.165) is 16.8 Å². The monoisotopic (exact) mass is 393 g/mol. The fourth-order valence-corrected chi connectivity index (χ4v) is 2.96. The van der Waals surface area contributed by atoms with E-state index < -0.39 is 6.04 Å². The molecular weight excluding hydrogens is 373 g/mol. The van der Waals surface area contributed by atoms with Crippen LogP contribution in [0.4, 0.5) is 15.8 Å². The smallest absolute Gasteiger partial charge is 0.251 e. The van der Waals surface area contributed by atoms with Crippen molar-refractivity contribution in [3.05, 3.63) is 95.8 Å². The van der Waals surface area contributed by atoms with E-state index in [1.165, 1.54) is 12.1 Å². The van der Waals surface area contributed by atoms with Crippen molar-refractivity contribution in [3.8, 4) is 0 Å². The zero-order chi connectivity index (χ0) is 19.9. The number of hydrogen-bond acceptors (Lipinski definition) is 2. The minimum Gasteiger partial charge on any atom is -0.347 e. The summed E-state index contributed by atoms with van der Waals surface area (Å²) in [4.78, 5) is 13.0. The Bertz CT molecular complexity index is 978. The summed E-state index contributed by atoms with van der Waals surface area (Å²) in [5, 5.41) is 9.10. The number of anilines is 2.